The monoisotopic (exact) mass is 362 g/mol. The van der Waals surface area contributed by atoms with Crippen LogP contribution in [0.15, 0.2) is 36.5 Å². The van der Waals surface area contributed by atoms with E-state index in [0.717, 1.165) is 12.1 Å². The minimum absolute atomic E-state index is 0.0966. The summed E-state index contributed by atoms with van der Waals surface area (Å²) in [7, 11) is 0. The quantitative estimate of drug-likeness (QED) is 0.876. The molecule has 0 aliphatic carbocycles. The fraction of sp³-hybridized carbons (Fsp3) is 0.200. The van der Waals surface area contributed by atoms with Gasteiger partial charge in [0.15, 0.2) is 0 Å². The van der Waals surface area contributed by atoms with E-state index in [4.69, 9.17) is 23.2 Å². The third-order valence-corrected chi connectivity index (χ3v) is 3.54. The maximum atomic E-state index is 12.9. The first kappa shape index (κ1) is 17.6. The van der Waals surface area contributed by atoms with Gasteiger partial charge in [-0.25, -0.2) is 0 Å². The van der Waals surface area contributed by atoms with Gasteiger partial charge < -0.3 is 5.32 Å². The van der Waals surface area contributed by atoms with Crippen molar-refractivity contribution in [2.24, 2.45) is 0 Å². The zero-order valence-electron chi connectivity index (χ0n) is 11.6. The summed E-state index contributed by atoms with van der Waals surface area (Å²) in [5.74, 6) is -0.803. The lowest BCUT2D eigenvalue weighted by atomic mass is 10.1. The number of pyridine rings is 1. The van der Waals surface area contributed by atoms with E-state index in [2.05, 4.69) is 10.3 Å². The Kier molecular flexibility index (Phi) is 5.49. The predicted octanol–water partition coefficient (Wildman–Crippen LogP) is 4.38. The second-order valence-electron chi connectivity index (χ2n) is 4.63. The van der Waals surface area contributed by atoms with Gasteiger partial charge in [0.1, 0.15) is 0 Å². The summed E-state index contributed by atoms with van der Waals surface area (Å²) in [6.07, 6.45) is -2.91. The van der Waals surface area contributed by atoms with Crippen LogP contribution in [0, 0.1) is 0 Å². The molecule has 0 saturated carbocycles. The second-order valence-corrected chi connectivity index (χ2v) is 5.47. The molecule has 0 aliphatic rings. The Bertz CT molecular complexity index is 720. The van der Waals surface area contributed by atoms with E-state index >= 15 is 0 Å². The molecule has 0 spiro atoms. The first-order valence-corrected chi connectivity index (χ1v) is 7.29. The maximum Gasteiger partial charge on any atom is 0.417 e. The predicted molar refractivity (Wildman–Crippen MR) is 81.7 cm³/mol. The largest absolute Gasteiger partial charge is 0.417 e. The summed E-state index contributed by atoms with van der Waals surface area (Å²) in [6.45, 7) is 0.0966. The molecular weight excluding hydrogens is 352 g/mol. The molecule has 1 aromatic carbocycles. The minimum Gasteiger partial charge on any atom is -0.352 e. The highest BCUT2D eigenvalue weighted by molar-refractivity contribution is 6.34. The number of amides is 1. The first-order chi connectivity index (χ1) is 10.8. The van der Waals surface area contributed by atoms with Gasteiger partial charge in [-0.05, 0) is 18.2 Å². The molecule has 3 nitrogen and oxygen atoms in total. The van der Waals surface area contributed by atoms with Crippen molar-refractivity contribution in [3.8, 4) is 0 Å². The lowest BCUT2D eigenvalue weighted by molar-refractivity contribution is -0.137. The molecular formula is C15H11Cl2F3N2O. The topological polar surface area (TPSA) is 42.0 Å². The number of nitrogens with zero attached hydrogens (tertiary/aromatic N) is 1. The number of alkyl halides is 3. The molecule has 0 saturated heterocycles. The average molecular weight is 363 g/mol. The lowest BCUT2D eigenvalue weighted by Crippen LogP contribution is -2.28. The molecule has 1 amide bonds. The lowest BCUT2D eigenvalue weighted by Gasteiger charge is -2.12. The van der Waals surface area contributed by atoms with E-state index in [1.54, 1.807) is 0 Å². The Balaban J connectivity index is 2.03. The fourth-order valence-corrected chi connectivity index (χ4v) is 2.42. The highest BCUT2D eigenvalue weighted by Crippen LogP contribution is 2.31. The zero-order chi connectivity index (χ0) is 17.0. The van der Waals surface area contributed by atoms with E-state index in [-0.39, 0.29) is 13.0 Å². The Labute approximate surface area is 140 Å². The number of hydrogen-bond acceptors (Lipinski definition) is 2. The number of carbonyl (C=O) groups excluding carboxylic acids is 1. The Morgan fingerprint density at radius 2 is 1.91 bits per heavy atom. The van der Waals surface area contributed by atoms with E-state index in [9.17, 15) is 18.0 Å². The van der Waals surface area contributed by atoms with Gasteiger partial charge in [-0.1, -0.05) is 35.3 Å². The molecule has 0 fully saturated rings. The van der Waals surface area contributed by atoms with Gasteiger partial charge in [0.05, 0.1) is 26.9 Å². The molecule has 2 aromatic rings. The van der Waals surface area contributed by atoms with Crippen LogP contribution in [-0.4, -0.2) is 17.4 Å². The van der Waals surface area contributed by atoms with Crippen LogP contribution in [0.3, 0.4) is 0 Å². The van der Waals surface area contributed by atoms with Gasteiger partial charge in [0.25, 0.3) is 5.91 Å². The summed E-state index contributed by atoms with van der Waals surface area (Å²) < 4.78 is 38.6. The van der Waals surface area contributed by atoms with Crippen molar-refractivity contribution < 1.29 is 18.0 Å². The van der Waals surface area contributed by atoms with Gasteiger partial charge in [0.2, 0.25) is 0 Å². The number of aromatic nitrogens is 1. The summed E-state index contributed by atoms with van der Waals surface area (Å²) in [5.41, 5.74) is -0.893. The number of nitrogens with one attached hydrogen (secondary N) is 1. The van der Waals surface area contributed by atoms with Gasteiger partial charge in [-0.2, -0.15) is 13.2 Å². The number of benzene rings is 1. The van der Waals surface area contributed by atoms with E-state index < -0.39 is 23.2 Å². The van der Waals surface area contributed by atoms with Crippen molar-refractivity contribution >= 4 is 29.1 Å². The van der Waals surface area contributed by atoms with Gasteiger partial charge >= 0.3 is 6.18 Å². The molecule has 1 N–H and O–H groups in total. The summed E-state index contributed by atoms with van der Waals surface area (Å²) in [6, 6.07) is 6.11. The molecule has 1 heterocycles. The van der Waals surface area contributed by atoms with Gasteiger partial charge in [-0.15, -0.1) is 0 Å². The van der Waals surface area contributed by atoms with Crippen molar-refractivity contribution in [2.75, 3.05) is 6.54 Å². The Morgan fingerprint density at radius 3 is 2.57 bits per heavy atom. The first-order valence-electron chi connectivity index (χ1n) is 6.53. The minimum atomic E-state index is -4.59. The zero-order valence-corrected chi connectivity index (χ0v) is 13.1. The standard InChI is InChI=1S/C15H11Cl2F3N2O/c16-9-7-12(17)13(22-8-9)5-6-21-14(23)10-3-1-2-4-11(10)15(18,19)20/h1-4,7-8H,5-6H2,(H,21,23). The van der Waals surface area contributed by atoms with Crippen LogP contribution in [0.4, 0.5) is 13.2 Å². The molecule has 8 heteroatoms. The fourth-order valence-electron chi connectivity index (χ4n) is 1.94. The van der Waals surface area contributed by atoms with Gasteiger partial charge in [-0.3, -0.25) is 9.78 Å². The van der Waals surface area contributed by atoms with Crippen LogP contribution in [-0.2, 0) is 12.6 Å². The summed E-state index contributed by atoms with van der Waals surface area (Å²) in [5, 5.41) is 3.14. The summed E-state index contributed by atoms with van der Waals surface area (Å²) in [4.78, 5) is 16.0. The molecule has 122 valence electrons. The van der Waals surface area contributed by atoms with E-state index in [1.807, 2.05) is 0 Å². The highest BCUT2D eigenvalue weighted by atomic mass is 35.5. The normalized spacial score (nSPS) is 11.3. The van der Waals surface area contributed by atoms with Gasteiger partial charge in [0, 0.05) is 19.2 Å². The molecule has 0 radical (unpaired) electrons. The molecule has 0 unspecified atom stereocenters. The maximum absolute atomic E-state index is 12.9. The third-order valence-electron chi connectivity index (χ3n) is 3.01. The van der Waals surface area contributed by atoms with Crippen LogP contribution < -0.4 is 5.32 Å². The molecule has 23 heavy (non-hydrogen) atoms. The number of halogens is 5. The molecule has 0 atom stereocenters. The smallest absolute Gasteiger partial charge is 0.352 e. The molecule has 0 bridgehead atoms. The van der Waals surface area contributed by atoms with E-state index in [1.165, 1.54) is 24.4 Å². The third kappa shape index (κ3) is 4.59. The Hall–Kier alpha value is -1.79. The molecule has 2 rings (SSSR count). The number of hydrogen-bond donors (Lipinski definition) is 1. The highest BCUT2D eigenvalue weighted by Gasteiger charge is 2.34. The SMILES string of the molecule is O=C(NCCc1ncc(Cl)cc1Cl)c1ccccc1C(F)(F)F. The summed E-state index contributed by atoms with van der Waals surface area (Å²) >= 11 is 11.7. The second kappa shape index (κ2) is 7.19. The molecule has 1 aromatic heterocycles. The van der Waals surface area contributed by atoms with Crippen molar-refractivity contribution in [2.45, 2.75) is 12.6 Å². The van der Waals surface area contributed by atoms with Crippen molar-refractivity contribution in [3.63, 3.8) is 0 Å². The molecule has 0 aliphatic heterocycles. The van der Waals surface area contributed by atoms with Crippen LogP contribution >= 0.6 is 23.2 Å². The van der Waals surface area contributed by atoms with Crippen LogP contribution in [0.2, 0.25) is 10.0 Å². The number of rotatable bonds is 4. The van der Waals surface area contributed by atoms with Crippen molar-refractivity contribution in [1.29, 1.82) is 0 Å². The van der Waals surface area contributed by atoms with Crippen LogP contribution in [0.5, 0.6) is 0 Å². The van der Waals surface area contributed by atoms with Crippen LogP contribution in [0.25, 0.3) is 0 Å². The van der Waals surface area contributed by atoms with E-state index in [0.29, 0.717) is 15.7 Å². The Morgan fingerprint density at radius 1 is 1.22 bits per heavy atom. The van der Waals surface area contributed by atoms with Crippen LogP contribution in [0.1, 0.15) is 21.6 Å². The van der Waals surface area contributed by atoms with Crippen molar-refractivity contribution in [3.05, 3.63) is 63.4 Å². The number of carbonyl (C=O) groups is 1. The van der Waals surface area contributed by atoms with Crippen molar-refractivity contribution in [1.82, 2.24) is 10.3 Å². The average Bonchev–Trinajstić information content (AvgIpc) is 2.48.